The molecule has 0 spiro atoms. The molecule has 136 valence electrons. The minimum atomic E-state index is -4.60. The first kappa shape index (κ1) is 19.8. The average molecular weight is 382 g/mol. The molecule has 0 aliphatic carbocycles. The van der Waals surface area contributed by atoms with Crippen LogP contribution in [0.1, 0.15) is 16.7 Å². The van der Waals surface area contributed by atoms with Gasteiger partial charge in [0.25, 0.3) is 0 Å². The maximum absolute atomic E-state index is 12.9. The molecule has 2 aromatic rings. The fraction of sp³-hybridized carbons (Fsp3) is 0.222. The van der Waals surface area contributed by atoms with Crippen molar-refractivity contribution in [3.63, 3.8) is 0 Å². The SMILES string of the molecule is CN(CC(=O)Nc1ccc(Cl)c(C(F)(F)F)c1)Cc1ccccc1C#N. The molecule has 0 fully saturated rings. The largest absolute Gasteiger partial charge is 0.417 e. The minimum Gasteiger partial charge on any atom is -0.325 e. The smallest absolute Gasteiger partial charge is 0.325 e. The molecule has 0 aliphatic rings. The third-order valence-corrected chi connectivity index (χ3v) is 3.88. The van der Waals surface area contributed by atoms with Gasteiger partial charge in [-0.25, -0.2) is 0 Å². The Bertz CT molecular complexity index is 846. The third-order valence-electron chi connectivity index (χ3n) is 3.55. The van der Waals surface area contributed by atoms with Gasteiger partial charge in [0.1, 0.15) is 0 Å². The predicted molar refractivity (Wildman–Crippen MR) is 92.6 cm³/mol. The molecule has 2 rings (SSSR count). The number of amides is 1. The van der Waals surface area contributed by atoms with E-state index in [2.05, 4.69) is 11.4 Å². The number of alkyl halides is 3. The lowest BCUT2D eigenvalue weighted by Gasteiger charge is -2.17. The summed E-state index contributed by atoms with van der Waals surface area (Å²) in [7, 11) is 1.68. The van der Waals surface area contributed by atoms with Gasteiger partial charge in [0.15, 0.2) is 0 Å². The van der Waals surface area contributed by atoms with Gasteiger partial charge in [0.2, 0.25) is 5.91 Å². The number of benzene rings is 2. The van der Waals surface area contributed by atoms with E-state index < -0.39 is 22.7 Å². The van der Waals surface area contributed by atoms with Crippen LogP contribution in [0.25, 0.3) is 0 Å². The normalized spacial score (nSPS) is 11.3. The summed E-state index contributed by atoms with van der Waals surface area (Å²) >= 11 is 5.55. The molecule has 0 saturated heterocycles. The topological polar surface area (TPSA) is 56.1 Å². The summed E-state index contributed by atoms with van der Waals surface area (Å²) in [6.07, 6.45) is -4.60. The van der Waals surface area contributed by atoms with Gasteiger partial charge in [-0.15, -0.1) is 0 Å². The molecule has 0 atom stereocenters. The molecule has 0 radical (unpaired) electrons. The zero-order valence-electron chi connectivity index (χ0n) is 13.8. The average Bonchev–Trinajstić information content (AvgIpc) is 2.56. The number of hydrogen-bond donors (Lipinski definition) is 1. The van der Waals surface area contributed by atoms with Crippen molar-refractivity contribution in [3.05, 3.63) is 64.2 Å². The number of carbonyl (C=O) groups is 1. The molecule has 0 saturated carbocycles. The Hall–Kier alpha value is -2.56. The second-order valence-electron chi connectivity index (χ2n) is 5.68. The van der Waals surface area contributed by atoms with Crippen molar-refractivity contribution in [2.45, 2.75) is 12.7 Å². The number of halogens is 4. The van der Waals surface area contributed by atoms with Crippen LogP contribution in [0.15, 0.2) is 42.5 Å². The van der Waals surface area contributed by atoms with E-state index >= 15 is 0 Å². The van der Waals surface area contributed by atoms with Crippen LogP contribution in [-0.2, 0) is 17.5 Å². The van der Waals surface area contributed by atoms with Crippen LogP contribution in [0, 0.1) is 11.3 Å². The van der Waals surface area contributed by atoms with Crippen molar-refractivity contribution in [1.29, 1.82) is 5.26 Å². The van der Waals surface area contributed by atoms with E-state index in [1.54, 1.807) is 36.2 Å². The van der Waals surface area contributed by atoms with Crippen LogP contribution in [0.4, 0.5) is 18.9 Å². The second kappa shape index (κ2) is 8.21. The molecule has 8 heteroatoms. The van der Waals surface area contributed by atoms with E-state index in [4.69, 9.17) is 16.9 Å². The first-order valence-corrected chi connectivity index (χ1v) is 7.91. The Morgan fingerprint density at radius 3 is 2.62 bits per heavy atom. The van der Waals surface area contributed by atoms with Gasteiger partial charge < -0.3 is 5.32 Å². The van der Waals surface area contributed by atoms with E-state index in [1.165, 1.54) is 6.07 Å². The van der Waals surface area contributed by atoms with Gasteiger partial charge in [0.05, 0.1) is 28.8 Å². The van der Waals surface area contributed by atoms with Crippen molar-refractivity contribution in [1.82, 2.24) is 4.90 Å². The Balaban J connectivity index is 2.02. The maximum Gasteiger partial charge on any atom is 0.417 e. The number of nitriles is 1. The van der Waals surface area contributed by atoms with Gasteiger partial charge in [0, 0.05) is 12.2 Å². The van der Waals surface area contributed by atoms with Crippen molar-refractivity contribution in [2.24, 2.45) is 0 Å². The van der Waals surface area contributed by atoms with Gasteiger partial charge in [-0.1, -0.05) is 29.8 Å². The fourth-order valence-electron chi connectivity index (χ4n) is 2.38. The monoisotopic (exact) mass is 381 g/mol. The summed E-state index contributed by atoms with van der Waals surface area (Å²) < 4.78 is 38.6. The molecule has 1 N–H and O–H groups in total. The van der Waals surface area contributed by atoms with Crippen molar-refractivity contribution >= 4 is 23.2 Å². The lowest BCUT2D eigenvalue weighted by Crippen LogP contribution is -2.30. The van der Waals surface area contributed by atoms with E-state index in [1.807, 2.05) is 0 Å². The summed E-state index contributed by atoms with van der Waals surface area (Å²) in [5.41, 5.74) is 0.272. The van der Waals surface area contributed by atoms with Crippen LogP contribution in [-0.4, -0.2) is 24.4 Å². The van der Waals surface area contributed by atoms with Gasteiger partial charge in [-0.3, -0.25) is 9.69 Å². The molecule has 2 aromatic carbocycles. The highest BCUT2D eigenvalue weighted by Gasteiger charge is 2.33. The molecular weight excluding hydrogens is 367 g/mol. The molecule has 0 bridgehead atoms. The van der Waals surface area contributed by atoms with Gasteiger partial charge >= 0.3 is 6.18 Å². The number of likely N-dealkylation sites (N-methyl/N-ethyl adjacent to an activating group) is 1. The van der Waals surface area contributed by atoms with E-state index in [0.717, 1.165) is 17.7 Å². The number of nitrogens with zero attached hydrogens (tertiary/aromatic N) is 2. The lowest BCUT2D eigenvalue weighted by molar-refractivity contribution is -0.137. The summed E-state index contributed by atoms with van der Waals surface area (Å²) in [4.78, 5) is 13.7. The summed E-state index contributed by atoms with van der Waals surface area (Å²) in [5.74, 6) is -0.475. The predicted octanol–water partition coefficient (Wildman–Crippen LogP) is 4.30. The van der Waals surface area contributed by atoms with Crippen LogP contribution in [0.3, 0.4) is 0 Å². The van der Waals surface area contributed by atoms with Crippen LogP contribution in [0.2, 0.25) is 5.02 Å². The highest BCUT2D eigenvalue weighted by Crippen LogP contribution is 2.36. The van der Waals surface area contributed by atoms with Crippen molar-refractivity contribution in [3.8, 4) is 6.07 Å². The number of carbonyl (C=O) groups excluding carboxylic acids is 1. The first-order valence-electron chi connectivity index (χ1n) is 7.54. The quantitative estimate of drug-likeness (QED) is 0.840. The Morgan fingerprint density at radius 2 is 1.96 bits per heavy atom. The van der Waals surface area contributed by atoms with E-state index in [9.17, 15) is 18.0 Å². The zero-order valence-corrected chi connectivity index (χ0v) is 14.5. The molecule has 1 amide bonds. The van der Waals surface area contributed by atoms with Crippen LogP contribution < -0.4 is 5.32 Å². The fourth-order valence-corrected chi connectivity index (χ4v) is 2.60. The molecular formula is C18H15ClF3N3O. The Kier molecular flexibility index (Phi) is 6.24. The standard InChI is InChI=1S/C18H15ClF3N3O/c1-25(10-13-5-3-2-4-12(13)9-23)11-17(26)24-14-6-7-16(19)15(8-14)18(20,21)22/h2-8H,10-11H2,1H3,(H,24,26). The lowest BCUT2D eigenvalue weighted by atomic mass is 10.1. The summed E-state index contributed by atoms with van der Waals surface area (Å²) in [6, 6.07) is 12.3. The zero-order chi connectivity index (χ0) is 19.3. The Morgan fingerprint density at radius 1 is 1.27 bits per heavy atom. The van der Waals surface area contributed by atoms with Gasteiger partial charge in [-0.2, -0.15) is 18.4 Å². The molecule has 0 aromatic heterocycles. The van der Waals surface area contributed by atoms with Crippen molar-refractivity contribution < 1.29 is 18.0 Å². The molecule has 0 aliphatic heterocycles. The second-order valence-corrected chi connectivity index (χ2v) is 6.09. The van der Waals surface area contributed by atoms with Gasteiger partial charge in [-0.05, 0) is 36.9 Å². The Labute approximate surface area is 153 Å². The number of nitrogens with one attached hydrogen (secondary N) is 1. The molecule has 0 heterocycles. The molecule has 0 unspecified atom stereocenters. The highest BCUT2D eigenvalue weighted by molar-refractivity contribution is 6.31. The first-order chi connectivity index (χ1) is 12.2. The summed E-state index contributed by atoms with van der Waals surface area (Å²) in [5, 5.41) is 11.1. The van der Waals surface area contributed by atoms with E-state index in [-0.39, 0.29) is 12.2 Å². The number of hydrogen-bond acceptors (Lipinski definition) is 3. The highest BCUT2D eigenvalue weighted by atomic mass is 35.5. The molecule has 26 heavy (non-hydrogen) atoms. The van der Waals surface area contributed by atoms with E-state index in [0.29, 0.717) is 12.1 Å². The third kappa shape index (κ3) is 5.22. The van der Waals surface area contributed by atoms with Crippen LogP contribution >= 0.6 is 11.6 Å². The number of anilines is 1. The number of rotatable bonds is 5. The van der Waals surface area contributed by atoms with Crippen LogP contribution in [0.5, 0.6) is 0 Å². The van der Waals surface area contributed by atoms with Crippen molar-refractivity contribution in [2.75, 3.05) is 18.9 Å². The summed E-state index contributed by atoms with van der Waals surface area (Å²) in [6.45, 7) is 0.301. The maximum atomic E-state index is 12.9. The minimum absolute atomic E-state index is 0.0116. The molecule has 4 nitrogen and oxygen atoms in total.